The van der Waals surface area contributed by atoms with Gasteiger partial charge in [0.1, 0.15) is 6.04 Å². The highest BCUT2D eigenvalue weighted by Gasteiger charge is 2.28. The standard InChI is InChI=1S/C15H21NO2/c1-12-8-4-5-9-13(12)14(15(17)18)16-10-6-2-3-7-11-16/h4-5,8-9,14H,2-3,6-7,10-11H2,1H3,(H,17,18). The van der Waals surface area contributed by atoms with E-state index >= 15 is 0 Å². The first-order valence-corrected chi connectivity index (χ1v) is 6.72. The van der Waals surface area contributed by atoms with E-state index in [2.05, 4.69) is 4.90 Å². The third kappa shape index (κ3) is 2.91. The van der Waals surface area contributed by atoms with Gasteiger partial charge in [0.25, 0.3) is 0 Å². The average Bonchev–Trinajstić information content (AvgIpc) is 2.60. The van der Waals surface area contributed by atoms with Crippen LogP contribution in [0.25, 0.3) is 0 Å². The Kier molecular flexibility index (Phi) is 4.37. The van der Waals surface area contributed by atoms with Crippen LogP contribution in [0.2, 0.25) is 0 Å². The number of aryl methyl sites for hydroxylation is 1. The van der Waals surface area contributed by atoms with Crippen molar-refractivity contribution in [3.63, 3.8) is 0 Å². The van der Waals surface area contributed by atoms with Crippen LogP contribution < -0.4 is 0 Å². The Morgan fingerprint density at radius 3 is 2.33 bits per heavy atom. The van der Waals surface area contributed by atoms with Gasteiger partial charge in [0.15, 0.2) is 0 Å². The molecule has 0 amide bonds. The highest BCUT2D eigenvalue weighted by atomic mass is 16.4. The molecule has 0 bridgehead atoms. The van der Waals surface area contributed by atoms with Crippen molar-refractivity contribution < 1.29 is 9.90 Å². The van der Waals surface area contributed by atoms with Crippen LogP contribution >= 0.6 is 0 Å². The first kappa shape index (κ1) is 13.1. The van der Waals surface area contributed by atoms with Gasteiger partial charge in [0.05, 0.1) is 0 Å². The lowest BCUT2D eigenvalue weighted by Gasteiger charge is -2.28. The summed E-state index contributed by atoms with van der Waals surface area (Å²) >= 11 is 0. The van der Waals surface area contributed by atoms with Gasteiger partial charge in [-0.3, -0.25) is 9.69 Å². The molecule has 1 atom stereocenters. The summed E-state index contributed by atoms with van der Waals surface area (Å²) in [5.74, 6) is -0.730. The zero-order valence-corrected chi connectivity index (χ0v) is 10.9. The van der Waals surface area contributed by atoms with Crippen LogP contribution in [0.3, 0.4) is 0 Å². The molecule has 98 valence electrons. The Morgan fingerprint density at radius 2 is 1.78 bits per heavy atom. The number of carbonyl (C=O) groups is 1. The molecule has 1 aliphatic rings. The average molecular weight is 247 g/mol. The smallest absolute Gasteiger partial charge is 0.325 e. The maximum Gasteiger partial charge on any atom is 0.325 e. The quantitative estimate of drug-likeness (QED) is 0.892. The molecule has 2 rings (SSSR count). The number of hydrogen-bond donors (Lipinski definition) is 1. The predicted octanol–water partition coefficient (Wildman–Crippen LogP) is 3.00. The molecule has 0 aromatic heterocycles. The van der Waals surface area contributed by atoms with E-state index < -0.39 is 12.0 Å². The zero-order chi connectivity index (χ0) is 13.0. The van der Waals surface area contributed by atoms with E-state index in [1.165, 1.54) is 12.8 Å². The maximum atomic E-state index is 11.6. The predicted molar refractivity (Wildman–Crippen MR) is 71.6 cm³/mol. The van der Waals surface area contributed by atoms with Crippen molar-refractivity contribution in [2.24, 2.45) is 0 Å². The number of rotatable bonds is 3. The second-order valence-electron chi connectivity index (χ2n) is 5.05. The molecule has 3 heteroatoms. The maximum absolute atomic E-state index is 11.6. The third-order valence-corrected chi connectivity index (χ3v) is 3.72. The Morgan fingerprint density at radius 1 is 1.17 bits per heavy atom. The minimum atomic E-state index is -0.730. The summed E-state index contributed by atoms with van der Waals surface area (Å²) in [4.78, 5) is 13.7. The Labute approximate surface area is 108 Å². The largest absolute Gasteiger partial charge is 0.480 e. The molecule has 0 radical (unpaired) electrons. The molecular formula is C15H21NO2. The van der Waals surface area contributed by atoms with Crippen molar-refractivity contribution in [3.8, 4) is 0 Å². The number of hydrogen-bond acceptors (Lipinski definition) is 2. The van der Waals surface area contributed by atoms with Crippen LogP contribution in [0.1, 0.15) is 42.9 Å². The van der Waals surface area contributed by atoms with Crippen molar-refractivity contribution in [2.75, 3.05) is 13.1 Å². The number of carboxylic acids is 1. The zero-order valence-electron chi connectivity index (χ0n) is 10.9. The number of benzene rings is 1. The molecule has 0 aliphatic carbocycles. The molecule has 1 saturated heterocycles. The molecule has 1 aromatic rings. The van der Waals surface area contributed by atoms with E-state index in [-0.39, 0.29) is 0 Å². The molecule has 0 spiro atoms. The van der Waals surface area contributed by atoms with Gasteiger partial charge in [-0.05, 0) is 44.0 Å². The molecule has 1 unspecified atom stereocenters. The van der Waals surface area contributed by atoms with E-state index in [4.69, 9.17) is 0 Å². The molecule has 3 nitrogen and oxygen atoms in total. The summed E-state index contributed by atoms with van der Waals surface area (Å²) in [6, 6.07) is 7.34. The summed E-state index contributed by atoms with van der Waals surface area (Å²) in [6.07, 6.45) is 4.65. The van der Waals surface area contributed by atoms with Gasteiger partial charge in [0.2, 0.25) is 0 Å². The summed E-state index contributed by atoms with van der Waals surface area (Å²) in [6.45, 7) is 3.78. The van der Waals surface area contributed by atoms with Crippen molar-refractivity contribution in [1.29, 1.82) is 0 Å². The summed E-state index contributed by atoms with van der Waals surface area (Å²) in [5.41, 5.74) is 2.00. The summed E-state index contributed by atoms with van der Waals surface area (Å²) < 4.78 is 0. The number of aliphatic carboxylic acids is 1. The number of carboxylic acid groups (broad SMARTS) is 1. The van der Waals surface area contributed by atoms with Crippen molar-refractivity contribution in [3.05, 3.63) is 35.4 Å². The lowest BCUT2D eigenvalue weighted by Crippen LogP contribution is -2.35. The highest BCUT2D eigenvalue weighted by Crippen LogP contribution is 2.26. The number of nitrogens with zero attached hydrogens (tertiary/aromatic N) is 1. The van der Waals surface area contributed by atoms with Gasteiger partial charge in [-0.25, -0.2) is 0 Å². The summed E-state index contributed by atoms with van der Waals surface area (Å²) in [7, 11) is 0. The van der Waals surface area contributed by atoms with Crippen LogP contribution in [0.4, 0.5) is 0 Å². The normalized spacial score (nSPS) is 19.2. The molecule has 0 saturated carbocycles. The van der Waals surface area contributed by atoms with Crippen LogP contribution in [0.5, 0.6) is 0 Å². The lowest BCUT2D eigenvalue weighted by molar-refractivity contribution is -0.143. The van der Waals surface area contributed by atoms with Gasteiger partial charge >= 0.3 is 5.97 Å². The van der Waals surface area contributed by atoms with Crippen molar-refractivity contribution in [1.82, 2.24) is 4.90 Å². The topological polar surface area (TPSA) is 40.5 Å². The van der Waals surface area contributed by atoms with E-state index in [0.29, 0.717) is 0 Å². The first-order chi connectivity index (χ1) is 8.70. The molecule has 1 N–H and O–H groups in total. The SMILES string of the molecule is Cc1ccccc1C(C(=O)O)N1CCCCCC1. The van der Waals surface area contributed by atoms with E-state index in [1.807, 2.05) is 31.2 Å². The third-order valence-electron chi connectivity index (χ3n) is 3.72. The minimum absolute atomic E-state index is 0.482. The number of likely N-dealkylation sites (tertiary alicyclic amines) is 1. The Bertz CT molecular complexity index is 409. The lowest BCUT2D eigenvalue weighted by atomic mass is 10.00. The van der Waals surface area contributed by atoms with Gasteiger partial charge in [-0.1, -0.05) is 37.1 Å². The second-order valence-corrected chi connectivity index (χ2v) is 5.05. The van der Waals surface area contributed by atoms with Crippen molar-refractivity contribution >= 4 is 5.97 Å². The molecule has 1 aromatic carbocycles. The van der Waals surface area contributed by atoms with Crippen LogP contribution in [0.15, 0.2) is 24.3 Å². The van der Waals surface area contributed by atoms with Crippen LogP contribution in [-0.2, 0) is 4.79 Å². The first-order valence-electron chi connectivity index (χ1n) is 6.72. The molecule has 1 aliphatic heterocycles. The second kappa shape index (κ2) is 6.01. The van der Waals surface area contributed by atoms with Crippen molar-refractivity contribution in [2.45, 2.75) is 38.6 Å². The Hall–Kier alpha value is -1.35. The molecule has 18 heavy (non-hydrogen) atoms. The molecule has 1 heterocycles. The highest BCUT2D eigenvalue weighted by molar-refractivity contribution is 5.76. The van der Waals surface area contributed by atoms with E-state index in [9.17, 15) is 9.90 Å². The molecular weight excluding hydrogens is 226 g/mol. The van der Waals surface area contributed by atoms with E-state index in [0.717, 1.165) is 37.1 Å². The van der Waals surface area contributed by atoms with Gasteiger partial charge in [-0.15, -0.1) is 0 Å². The monoisotopic (exact) mass is 247 g/mol. The fourth-order valence-corrected chi connectivity index (χ4v) is 2.73. The minimum Gasteiger partial charge on any atom is -0.480 e. The Balaban J connectivity index is 2.27. The fraction of sp³-hybridized carbons (Fsp3) is 0.533. The van der Waals surface area contributed by atoms with Gasteiger partial charge in [-0.2, -0.15) is 0 Å². The fourth-order valence-electron chi connectivity index (χ4n) is 2.73. The summed E-state index contributed by atoms with van der Waals surface area (Å²) in [5, 5.41) is 9.55. The molecule has 1 fully saturated rings. The van der Waals surface area contributed by atoms with Crippen LogP contribution in [0, 0.1) is 6.92 Å². The van der Waals surface area contributed by atoms with E-state index in [1.54, 1.807) is 0 Å². The van der Waals surface area contributed by atoms with Gasteiger partial charge in [0, 0.05) is 0 Å². The van der Waals surface area contributed by atoms with Gasteiger partial charge < -0.3 is 5.11 Å². The van der Waals surface area contributed by atoms with Crippen LogP contribution in [-0.4, -0.2) is 29.1 Å².